The second-order valence-corrected chi connectivity index (χ2v) is 22.5. The van der Waals surface area contributed by atoms with Crippen LogP contribution in [0, 0.1) is 5.41 Å². The third-order valence-corrected chi connectivity index (χ3v) is 15.5. The minimum atomic E-state index is -0.971. The second kappa shape index (κ2) is 31.6. The van der Waals surface area contributed by atoms with E-state index in [0.717, 1.165) is 89.5 Å². The van der Waals surface area contributed by atoms with Crippen LogP contribution in [-0.2, 0) is 0 Å². The number of halogens is 1. The van der Waals surface area contributed by atoms with Gasteiger partial charge in [0.2, 0.25) is 0 Å². The van der Waals surface area contributed by atoms with E-state index >= 15 is 0 Å². The third kappa shape index (κ3) is 17.2. The van der Waals surface area contributed by atoms with Crippen molar-refractivity contribution in [2.75, 3.05) is 26.4 Å². The minimum absolute atomic E-state index is 0.116. The Hall–Kier alpha value is -12.1. The highest BCUT2D eigenvalue weighted by Crippen LogP contribution is 2.33. The molecule has 0 spiro atoms. The number of aliphatic imine (C=N–C) groups is 4. The molecule has 0 aromatic heterocycles. The quantitative estimate of drug-likeness (QED) is 0.0564. The first kappa shape index (κ1) is 62.1. The van der Waals surface area contributed by atoms with E-state index in [1.807, 2.05) is 297 Å². The highest BCUT2D eigenvalue weighted by Gasteiger charge is 2.36. The molecule has 9 heteroatoms. The molecule has 0 aliphatic rings. The van der Waals surface area contributed by atoms with Crippen molar-refractivity contribution >= 4 is 80.1 Å². The number of benzene rings is 12. The van der Waals surface area contributed by atoms with Crippen molar-refractivity contribution in [2.45, 2.75) is 0 Å². The maximum absolute atomic E-state index is 6.94. The first-order chi connectivity index (χ1) is 46.4. The van der Waals surface area contributed by atoms with Crippen molar-refractivity contribution in [1.29, 1.82) is 0 Å². The van der Waals surface area contributed by atoms with Crippen molar-refractivity contribution in [2.24, 2.45) is 25.4 Å². The lowest BCUT2D eigenvalue weighted by Gasteiger charge is -2.33. The van der Waals surface area contributed by atoms with Crippen LogP contribution in [-0.4, -0.2) is 49.9 Å². The molecule has 0 fully saturated rings. The molecule has 0 aliphatic heterocycles. The molecule has 0 heterocycles. The standard InChI is InChI=1S/C85H63ClN4O4/c86-72-44-46-76(47-45-72)90-59-84(67-28-14-4-15-29-67)71-42-54-80(55-43-71)94-63-85(60-91-77-48-36-68(37-49-77)81(64-22-8-1-9-23-64)56-87-73-30-16-5-17-31-73,61-92-78-50-38-69(39-51-78)82(65-24-10-2-11-25-65)57-88-74-32-18-6-19-33-74)62-93-79-52-40-70(41-53-79)83(66-26-12-3-13-27-66)58-89-75-34-20-7-21-35-75/h1-55H,60-63H2. The Kier molecular flexibility index (Phi) is 20.9. The molecule has 12 aromatic carbocycles. The first-order valence-electron chi connectivity index (χ1n) is 30.8. The zero-order valence-corrected chi connectivity index (χ0v) is 52.1. The zero-order valence-electron chi connectivity index (χ0n) is 51.4. The van der Waals surface area contributed by atoms with Gasteiger partial charge >= 0.3 is 0 Å². The monoisotopic (exact) mass is 1240 g/mol. The fourth-order valence-electron chi connectivity index (χ4n) is 10.2. The van der Waals surface area contributed by atoms with E-state index in [-0.39, 0.29) is 26.4 Å². The third-order valence-electron chi connectivity index (χ3n) is 15.3. The first-order valence-corrected chi connectivity index (χ1v) is 31.2. The number of para-hydroxylation sites is 3. The molecule has 0 atom stereocenters. The van der Waals surface area contributed by atoms with E-state index in [9.17, 15) is 0 Å². The zero-order chi connectivity index (χ0) is 63.8. The van der Waals surface area contributed by atoms with Gasteiger partial charge in [0, 0.05) is 5.02 Å². The van der Waals surface area contributed by atoms with Gasteiger partial charge in [-0.05, 0) is 226 Å². The largest absolute Gasteiger partial charge is 0.493 e. The molecular formula is C85H63ClN4O4. The molecule has 8 nitrogen and oxygen atoms in total. The van der Waals surface area contributed by atoms with Crippen LogP contribution in [0.5, 0.6) is 23.0 Å². The molecule has 12 aromatic rings. The Morgan fingerprint density at radius 1 is 0.234 bits per heavy atom. The summed E-state index contributed by atoms with van der Waals surface area (Å²) in [6.45, 7) is 0.470. The van der Waals surface area contributed by atoms with Crippen LogP contribution in [0.25, 0.3) is 22.3 Å². The number of hydrogen-bond acceptors (Lipinski definition) is 8. The summed E-state index contributed by atoms with van der Waals surface area (Å²) in [5.41, 5.74) is 13.1. The average Bonchev–Trinajstić information content (AvgIpc) is 1.01. The van der Waals surface area contributed by atoms with Gasteiger partial charge in [-0.2, -0.15) is 0 Å². The van der Waals surface area contributed by atoms with Crippen molar-refractivity contribution in [3.63, 3.8) is 0 Å². The van der Waals surface area contributed by atoms with E-state index in [4.69, 9.17) is 50.5 Å². The Labute approximate surface area is 553 Å². The summed E-state index contributed by atoms with van der Waals surface area (Å²) in [6.07, 6.45) is 0. The van der Waals surface area contributed by atoms with Crippen LogP contribution in [0.4, 0.5) is 22.7 Å². The Morgan fingerprint density at radius 3 is 0.649 bits per heavy atom. The van der Waals surface area contributed by atoms with Gasteiger partial charge in [-0.1, -0.05) is 188 Å². The lowest BCUT2D eigenvalue weighted by Crippen LogP contribution is -2.45. The minimum Gasteiger partial charge on any atom is -0.493 e. The predicted molar refractivity (Wildman–Crippen MR) is 385 cm³/mol. The fraction of sp³-hybridized carbons (Fsp3) is 0.0588. The highest BCUT2D eigenvalue weighted by molar-refractivity contribution is 6.30. The summed E-state index contributed by atoms with van der Waals surface area (Å²) in [7, 11) is 0. The molecule has 0 unspecified atom stereocenters. The lowest BCUT2D eigenvalue weighted by atomic mass is 9.91. The van der Waals surface area contributed by atoms with Gasteiger partial charge in [-0.15, -0.1) is 0 Å². The summed E-state index contributed by atoms with van der Waals surface area (Å²) >= 11 is 6.23. The number of nitrogens with zero attached hydrogens (tertiary/aromatic N) is 4. The summed E-state index contributed by atoms with van der Waals surface area (Å²) in [5, 5.41) is 0.636. The maximum Gasteiger partial charge on any atom is 0.119 e. The number of ether oxygens (including phenoxy) is 4. The Morgan fingerprint density at radius 2 is 0.426 bits per heavy atom. The van der Waals surface area contributed by atoms with E-state index in [1.54, 1.807) is 0 Å². The molecule has 0 amide bonds. The maximum atomic E-state index is 6.94. The molecule has 0 N–H and O–H groups in total. The van der Waals surface area contributed by atoms with Crippen LogP contribution >= 0.6 is 11.6 Å². The lowest BCUT2D eigenvalue weighted by molar-refractivity contribution is -0.00352. The highest BCUT2D eigenvalue weighted by atomic mass is 35.5. The van der Waals surface area contributed by atoms with Crippen molar-refractivity contribution in [1.82, 2.24) is 0 Å². The van der Waals surface area contributed by atoms with Crippen LogP contribution in [0.2, 0.25) is 5.02 Å². The van der Waals surface area contributed by atoms with Gasteiger partial charge in [0.1, 0.15) is 54.8 Å². The molecule has 12 rings (SSSR count). The molecular weight excluding hydrogens is 1180 g/mol. The molecule has 94 heavy (non-hydrogen) atoms. The van der Waals surface area contributed by atoms with Crippen LogP contribution in [0.3, 0.4) is 0 Å². The summed E-state index contributed by atoms with van der Waals surface area (Å²) in [6, 6.07) is 109. The van der Waals surface area contributed by atoms with Gasteiger partial charge in [-0.25, -0.2) is 20.0 Å². The molecule has 0 saturated heterocycles. The van der Waals surface area contributed by atoms with E-state index in [1.165, 1.54) is 0 Å². The van der Waals surface area contributed by atoms with Crippen LogP contribution < -0.4 is 18.9 Å². The van der Waals surface area contributed by atoms with E-state index in [2.05, 4.69) is 59.9 Å². The van der Waals surface area contributed by atoms with Gasteiger partial charge in [0.05, 0.1) is 45.0 Å². The summed E-state index contributed by atoms with van der Waals surface area (Å²) in [4.78, 5) is 18.9. The van der Waals surface area contributed by atoms with Gasteiger partial charge in [0.25, 0.3) is 0 Å². The number of hydrogen-bond donors (Lipinski definition) is 0. The molecule has 0 bridgehead atoms. The predicted octanol–water partition coefficient (Wildman–Crippen LogP) is 20.7. The average molecular weight is 1240 g/mol. The topological polar surface area (TPSA) is 86.4 Å². The number of rotatable bonds is 24. The van der Waals surface area contributed by atoms with Crippen molar-refractivity contribution in [3.8, 4) is 23.0 Å². The van der Waals surface area contributed by atoms with Crippen LogP contribution in [0.15, 0.2) is 354 Å². The smallest absolute Gasteiger partial charge is 0.119 e. The Balaban J connectivity index is 0.897. The molecule has 0 saturated carbocycles. The fourth-order valence-corrected chi connectivity index (χ4v) is 10.3. The van der Waals surface area contributed by atoms with Gasteiger partial charge in [-0.3, -0.25) is 0 Å². The normalized spacial score (nSPS) is 11.1. The van der Waals surface area contributed by atoms with Crippen molar-refractivity contribution in [3.05, 3.63) is 383 Å². The van der Waals surface area contributed by atoms with Crippen LogP contribution in [0.1, 0.15) is 44.5 Å². The second-order valence-electron chi connectivity index (χ2n) is 22.1. The van der Waals surface area contributed by atoms with Gasteiger partial charge < -0.3 is 18.9 Å². The summed E-state index contributed by atoms with van der Waals surface area (Å²) in [5.74, 6) is 15.9. The van der Waals surface area contributed by atoms with Crippen molar-refractivity contribution < 1.29 is 18.9 Å². The van der Waals surface area contributed by atoms with E-state index < -0.39 is 5.41 Å². The Bertz CT molecular complexity index is 4320. The van der Waals surface area contributed by atoms with E-state index in [0.29, 0.717) is 28.0 Å². The van der Waals surface area contributed by atoms with Gasteiger partial charge in [0.15, 0.2) is 0 Å². The molecule has 454 valence electrons. The molecule has 0 aliphatic carbocycles. The summed E-state index contributed by atoms with van der Waals surface area (Å²) < 4.78 is 27.7. The SMILES string of the molecule is Clc1ccc(N=C=C(c2ccccc2)c2ccc(OCC(COc3ccc(C(=C=Nc4ccccc4)c4ccccc4)cc3)(COc3ccc(C(=C=Nc4ccccc4)c4ccccc4)cc3)COc3ccc(C(=C=Nc4ccccc4)c4ccccc4)cc3)cc2)cc1. The molecule has 0 radical (unpaired) electrons.